The second kappa shape index (κ2) is 8.10. The van der Waals surface area contributed by atoms with E-state index in [9.17, 15) is 9.90 Å². The van der Waals surface area contributed by atoms with Crippen molar-refractivity contribution in [1.82, 2.24) is 9.97 Å². The number of anilines is 3. The van der Waals surface area contributed by atoms with Crippen molar-refractivity contribution in [2.24, 2.45) is 17.8 Å². The Bertz CT molecular complexity index is 639. The van der Waals surface area contributed by atoms with E-state index in [1.54, 1.807) is 0 Å². The van der Waals surface area contributed by atoms with Gasteiger partial charge in [-0.2, -0.15) is 0 Å². The van der Waals surface area contributed by atoms with Crippen molar-refractivity contribution in [1.29, 1.82) is 0 Å². The summed E-state index contributed by atoms with van der Waals surface area (Å²) in [7, 11) is 0. The minimum Gasteiger partial charge on any atom is -0.475 e. The standard InChI is InChI=1S/C19H31N5O2/c1-11-6-8-13(9-7-11)10-21-15-16(20)23-18(19(25)26)24-17(15)22-12(2)14-4-3-5-14/h11-14,21H,3-10H2,1-2H3,(H,25,26)(H3,20,22,23,24)/t11?,12-,13?/m1/s1. The summed E-state index contributed by atoms with van der Waals surface area (Å²) in [6.07, 6.45) is 8.61. The number of nitrogens with two attached hydrogens (primary N) is 1. The van der Waals surface area contributed by atoms with Crippen molar-refractivity contribution >= 4 is 23.3 Å². The van der Waals surface area contributed by atoms with Crippen molar-refractivity contribution in [3.8, 4) is 0 Å². The van der Waals surface area contributed by atoms with Gasteiger partial charge in [-0.1, -0.05) is 26.2 Å². The maximum absolute atomic E-state index is 11.3. The first-order valence-electron chi connectivity index (χ1n) is 9.85. The first kappa shape index (κ1) is 18.7. The number of aromatic nitrogens is 2. The van der Waals surface area contributed by atoms with Gasteiger partial charge in [0.05, 0.1) is 0 Å². The molecule has 26 heavy (non-hydrogen) atoms. The Hall–Kier alpha value is -2.05. The molecule has 0 aliphatic heterocycles. The zero-order chi connectivity index (χ0) is 18.7. The molecule has 0 spiro atoms. The Morgan fingerprint density at radius 1 is 1.23 bits per heavy atom. The molecule has 0 saturated heterocycles. The maximum atomic E-state index is 11.3. The molecule has 2 saturated carbocycles. The van der Waals surface area contributed by atoms with Crippen molar-refractivity contribution in [2.45, 2.75) is 64.8 Å². The minimum absolute atomic E-state index is 0.199. The number of nitrogen functional groups attached to an aromatic ring is 1. The molecule has 1 heterocycles. The summed E-state index contributed by atoms with van der Waals surface area (Å²) in [5.74, 6) is 1.32. The Morgan fingerprint density at radius 3 is 2.50 bits per heavy atom. The van der Waals surface area contributed by atoms with Gasteiger partial charge in [0.15, 0.2) is 11.6 Å². The number of carbonyl (C=O) groups is 1. The molecular weight excluding hydrogens is 330 g/mol. The van der Waals surface area contributed by atoms with Gasteiger partial charge < -0.3 is 21.5 Å². The summed E-state index contributed by atoms with van der Waals surface area (Å²) in [5.41, 5.74) is 6.72. The third-order valence-electron chi connectivity index (χ3n) is 6.05. The largest absolute Gasteiger partial charge is 0.475 e. The van der Waals surface area contributed by atoms with Gasteiger partial charge in [-0.15, -0.1) is 0 Å². The topological polar surface area (TPSA) is 113 Å². The summed E-state index contributed by atoms with van der Waals surface area (Å²) >= 11 is 0. The number of carboxylic acid groups (broad SMARTS) is 1. The average molecular weight is 361 g/mol. The van der Waals surface area contributed by atoms with Crippen molar-refractivity contribution in [3.05, 3.63) is 5.82 Å². The number of nitrogens with zero attached hydrogens (tertiary/aromatic N) is 2. The van der Waals surface area contributed by atoms with Gasteiger partial charge in [0, 0.05) is 12.6 Å². The zero-order valence-electron chi connectivity index (χ0n) is 15.8. The highest BCUT2D eigenvalue weighted by molar-refractivity contribution is 5.87. The maximum Gasteiger partial charge on any atom is 0.374 e. The van der Waals surface area contributed by atoms with Gasteiger partial charge in [0.1, 0.15) is 5.69 Å². The normalized spacial score (nSPS) is 24.5. The minimum atomic E-state index is -1.16. The predicted octanol–water partition coefficient (Wildman–Crippen LogP) is 3.60. The Morgan fingerprint density at radius 2 is 1.92 bits per heavy atom. The van der Waals surface area contributed by atoms with E-state index in [2.05, 4.69) is 34.4 Å². The molecule has 0 amide bonds. The van der Waals surface area contributed by atoms with Crippen LogP contribution < -0.4 is 16.4 Å². The molecule has 5 N–H and O–H groups in total. The Balaban J connectivity index is 1.74. The van der Waals surface area contributed by atoms with Crippen molar-refractivity contribution in [3.63, 3.8) is 0 Å². The average Bonchev–Trinajstić information content (AvgIpc) is 2.53. The number of nitrogens with one attached hydrogen (secondary N) is 2. The van der Waals surface area contributed by atoms with Gasteiger partial charge >= 0.3 is 5.97 Å². The lowest BCUT2D eigenvalue weighted by atomic mass is 9.80. The highest BCUT2D eigenvalue weighted by Crippen LogP contribution is 2.34. The molecular formula is C19H31N5O2. The van der Waals surface area contributed by atoms with Crippen LogP contribution in [-0.4, -0.2) is 33.6 Å². The van der Waals surface area contributed by atoms with E-state index in [1.165, 1.54) is 44.9 Å². The smallest absolute Gasteiger partial charge is 0.374 e. The molecule has 2 aliphatic rings. The van der Waals surface area contributed by atoms with Gasteiger partial charge in [-0.05, 0) is 50.4 Å². The van der Waals surface area contributed by atoms with Crippen LogP contribution in [-0.2, 0) is 0 Å². The van der Waals surface area contributed by atoms with Gasteiger partial charge in [-0.3, -0.25) is 0 Å². The molecule has 144 valence electrons. The molecule has 3 rings (SSSR count). The number of aromatic carboxylic acids is 1. The van der Waals surface area contributed by atoms with E-state index in [1.807, 2.05) is 0 Å². The first-order chi connectivity index (χ1) is 12.4. The lowest BCUT2D eigenvalue weighted by Gasteiger charge is -2.33. The number of hydrogen-bond acceptors (Lipinski definition) is 6. The molecule has 7 heteroatoms. The van der Waals surface area contributed by atoms with Crippen LogP contribution >= 0.6 is 0 Å². The summed E-state index contributed by atoms with van der Waals surface area (Å²) in [6.45, 7) is 5.25. The SMILES string of the molecule is CC1CCC(CNc2c(N)nc(C(=O)O)nc2N[C@H](C)C2CCC2)CC1. The molecule has 2 fully saturated rings. The lowest BCUT2D eigenvalue weighted by molar-refractivity contribution is 0.0684. The fourth-order valence-corrected chi connectivity index (χ4v) is 3.91. The molecule has 0 bridgehead atoms. The fraction of sp³-hybridized carbons (Fsp3) is 0.737. The van der Waals surface area contributed by atoms with Crippen molar-refractivity contribution in [2.75, 3.05) is 22.9 Å². The predicted molar refractivity (Wildman–Crippen MR) is 103 cm³/mol. The molecule has 1 atom stereocenters. The van der Waals surface area contributed by atoms with E-state index in [0.717, 1.165) is 12.5 Å². The number of carboxylic acids is 1. The van der Waals surface area contributed by atoms with Crippen LogP contribution in [0.5, 0.6) is 0 Å². The van der Waals surface area contributed by atoms with Gasteiger partial charge in [0.2, 0.25) is 5.82 Å². The molecule has 0 aromatic carbocycles. The van der Waals surface area contributed by atoms with Gasteiger partial charge in [0.25, 0.3) is 0 Å². The van der Waals surface area contributed by atoms with E-state index in [0.29, 0.717) is 23.3 Å². The monoisotopic (exact) mass is 361 g/mol. The van der Waals surface area contributed by atoms with Crippen LogP contribution in [0.4, 0.5) is 17.3 Å². The summed E-state index contributed by atoms with van der Waals surface area (Å²) < 4.78 is 0. The highest BCUT2D eigenvalue weighted by Gasteiger charge is 2.26. The molecule has 0 unspecified atom stereocenters. The quantitative estimate of drug-likeness (QED) is 0.587. The van der Waals surface area contributed by atoms with Crippen LogP contribution in [0.15, 0.2) is 0 Å². The summed E-state index contributed by atoms with van der Waals surface area (Å²) in [4.78, 5) is 19.5. The molecule has 7 nitrogen and oxygen atoms in total. The lowest BCUT2D eigenvalue weighted by Crippen LogP contribution is -2.32. The van der Waals surface area contributed by atoms with Crippen LogP contribution in [0.3, 0.4) is 0 Å². The van der Waals surface area contributed by atoms with Gasteiger partial charge in [-0.25, -0.2) is 14.8 Å². The summed E-state index contributed by atoms with van der Waals surface area (Å²) in [5, 5.41) is 16.0. The van der Waals surface area contributed by atoms with Crippen LogP contribution in [0.1, 0.15) is 69.4 Å². The van der Waals surface area contributed by atoms with E-state index in [4.69, 9.17) is 5.73 Å². The third-order valence-corrected chi connectivity index (χ3v) is 6.05. The van der Waals surface area contributed by atoms with E-state index in [-0.39, 0.29) is 17.7 Å². The number of hydrogen-bond donors (Lipinski definition) is 4. The molecule has 1 aromatic rings. The van der Waals surface area contributed by atoms with Crippen LogP contribution in [0.2, 0.25) is 0 Å². The third kappa shape index (κ3) is 4.37. The highest BCUT2D eigenvalue weighted by atomic mass is 16.4. The second-order valence-electron chi connectivity index (χ2n) is 8.09. The van der Waals surface area contributed by atoms with E-state index >= 15 is 0 Å². The van der Waals surface area contributed by atoms with Crippen LogP contribution in [0, 0.1) is 17.8 Å². The van der Waals surface area contributed by atoms with Crippen LogP contribution in [0.25, 0.3) is 0 Å². The number of rotatable bonds is 7. The Kier molecular flexibility index (Phi) is 5.84. The fourth-order valence-electron chi connectivity index (χ4n) is 3.91. The summed E-state index contributed by atoms with van der Waals surface area (Å²) in [6, 6.07) is 0.232. The molecule has 1 aromatic heterocycles. The van der Waals surface area contributed by atoms with E-state index < -0.39 is 5.97 Å². The molecule has 0 radical (unpaired) electrons. The first-order valence-corrected chi connectivity index (χ1v) is 9.85. The van der Waals surface area contributed by atoms with Crippen molar-refractivity contribution < 1.29 is 9.90 Å². The zero-order valence-corrected chi connectivity index (χ0v) is 15.8. The molecule has 2 aliphatic carbocycles. The Labute approximate surface area is 155 Å². The second-order valence-corrected chi connectivity index (χ2v) is 8.09.